The van der Waals surface area contributed by atoms with Crippen molar-refractivity contribution in [1.82, 2.24) is 19.8 Å². The summed E-state index contributed by atoms with van der Waals surface area (Å²) in [6.07, 6.45) is -4.55. The molecule has 2 aromatic carbocycles. The number of carbonyl (C=O) groups excluding carboxylic acids is 1. The minimum absolute atomic E-state index is 0.0540. The van der Waals surface area contributed by atoms with Crippen LogP contribution in [0.5, 0.6) is 11.6 Å². The number of carbonyl (C=O) groups is 2. The molecule has 5 rings (SSSR count). The standard InChI is InChI=1S/C27H25F3N6O4S/c1-35-8-10-36(11-9-35)14-16-2-3-17(12-21(16)27(28,29)30)32-24(37)20-15-41-22-13-18(4-5-19(20)22)40-23-6-7-31-25(33-23)34-26(38)39/h2-7,12-13,15H,8-11,14H2,1H3,(H,32,37)(H,38,39)(H,31,33,34). The molecule has 41 heavy (non-hydrogen) atoms. The Morgan fingerprint density at radius 2 is 1.85 bits per heavy atom. The maximum Gasteiger partial charge on any atom is 0.416 e. The van der Waals surface area contributed by atoms with E-state index in [4.69, 9.17) is 9.84 Å². The summed E-state index contributed by atoms with van der Waals surface area (Å²) in [6.45, 7) is 3.15. The molecule has 1 aliphatic rings. The minimum Gasteiger partial charge on any atom is -0.465 e. The quantitative estimate of drug-likeness (QED) is 0.256. The molecule has 3 heterocycles. The number of fused-ring (bicyclic) bond motifs is 1. The monoisotopic (exact) mass is 586 g/mol. The van der Waals surface area contributed by atoms with Gasteiger partial charge in [0.15, 0.2) is 0 Å². The molecule has 10 nitrogen and oxygen atoms in total. The number of hydrogen-bond acceptors (Lipinski definition) is 8. The van der Waals surface area contributed by atoms with Gasteiger partial charge in [-0.1, -0.05) is 6.07 Å². The third-order valence-corrected chi connectivity index (χ3v) is 7.47. The highest BCUT2D eigenvalue weighted by molar-refractivity contribution is 7.17. The van der Waals surface area contributed by atoms with Crippen LogP contribution < -0.4 is 15.4 Å². The molecule has 1 fully saturated rings. The van der Waals surface area contributed by atoms with Gasteiger partial charge in [0.1, 0.15) is 5.75 Å². The predicted octanol–water partition coefficient (Wildman–Crippen LogP) is 5.59. The van der Waals surface area contributed by atoms with Crippen LogP contribution in [0.2, 0.25) is 0 Å². The molecule has 0 saturated carbocycles. The molecule has 1 saturated heterocycles. The van der Waals surface area contributed by atoms with Crippen LogP contribution in [-0.2, 0) is 12.7 Å². The van der Waals surface area contributed by atoms with Crippen LogP contribution in [0.3, 0.4) is 0 Å². The van der Waals surface area contributed by atoms with Crippen molar-refractivity contribution in [2.75, 3.05) is 43.9 Å². The van der Waals surface area contributed by atoms with Gasteiger partial charge in [-0.2, -0.15) is 18.2 Å². The molecule has 0 unspecified atom stereocenters. The van der Waals surface area contributed by atoms with Crippen LogP contribution in [0, 0.1) is 0 Å². The maximum absolute atomic E-state index is 13.9. The van der Waals surface area contributed by atoms with Crippen molar-refractivity contribution in [3.8, 4) is 11.6 Å². The topological polar surface area (TPSA) is 120 Å². The van der Waals surface area contributed by atoms with Crippen LogP contribution in [0.15, 0.2) is 54.0 Å². The van der Waals surface area contributed by atoms with E-state index in [1.54, 1.807) is 23.6 Å². The first-order valence-electron chi connectivity index (χ1n) is 12.5. The lowest BCUT2D eigenvalue weighted by Crippen LogP contribution is -2.44. The third kappa shape index (κ3) is 6.90. The van der Waals surface area contributed by atoms with Gasteiger partial charge in [-0.05, 0) is 42.9 Å². The van der Waals surface area contributed by atoms with Gasteiger partial charge < -0.3 is 20.1 Å². The van der Waals surface area contributed by atoms with Gasteiger partial charge in [0.25, 0.3) is 5.91 Å². The first kappa shape index (κ1) is 28.3. The number of alkyl halides is 3. The van der Waals surface area contributed by atoms with Gasteiger partial charge in [0.05, 0.1) is 11.1 Å². The maximum atomic E-state index is 13.9. The van der Waals surface area contributed by atoms with E-state index in [2.05, 4.69) is 20.2 Å². The molecule has 0 radical (unpaired) electrons. The van der Waals surface area contributed by atoms with Crippen molar-refractivity contribution in [3.63, 3.8) is 0 Å². The average Bonchev–Trinajstić information content (AvgIpc) is 3.33. The number of halogens is 3. The zero-order chi connectivity index (χ0) is 29.1. The van der Waals surface area contributed by atoms with Crippen molar-refractivity contribution >= 4 is 45.1 Å². The normalized spacial score (nSPS) is 14.6. The van der Waals surface area contributed by atoms with Gasteiger partial charge in [0.2, 0.25) is 11.8 Å². The van der Waals surface area contributed by atoms with Crippen molar-refractivity contribution in [2.24, 2.45) is 0 Å². The Morgan fingerprint density at radius 3 is 2.59 bits per heavy atom. The number of thiophene rings is 1. The molecule has 214 valence electrons. The molecule has 0 bridgehead atoms. The van der Waals surface area contributed by atoms with Crippen LogP contribution >= 0.6 is 11.3 Å². The van der Waals surface area contributed by atoms with E-state index in [1.807, 2.05) is 17.3 Å². The van der Waals surface area contributed by atoms with Crippen LogP contribution in [-0.4, -0.2) is 70.1 Å². The number of ether oxygens (including phenoxy) is 1. The number of rotatable bonds is 7. The number of likely N-dealkylation sites (N-methyl/N-ethyl adjacent to an activating group) is 1. The highest BCUT2D eigenvalue weighted by Gasteiger charge is 2.34. The summed E-state index contributed by atoms with van der Waals surface area (Å²) in [7, 11) is 1.98. The minimum atomic E-state index is -4.57. The molecule has 14 heteroatoms. The molecular formula is C27H25F3N6O4S. The number of carboxylic acid groups (broad SMARTS) is 1. The second-order valence-corrected chi connectivity index (χ2v) is 10.4. The molecule has 0 atom stereocenters. The summed E-state index contributed by atoms with van der Waals surface area (Å²) >= 11 is 1.27. The SMILES string of the molecule is CN1CCN(Cc2ccc(NC(=O)c3csc4cc(Oc5ccnc(NC(=O)O)n5)ccc34)cc2C(F)(F)F)CC1. The molecule has 0 aliphatic carbocycles. The van der Waals surface area contributed by atoms with E-state index in [0.717, 1.165) is 19.2 Å². The summed E-state index contributed by atoms with van der Waals surface area (Å²) in [5.74, 6) is -0.191. The first-order valence-corrected chi connectivity index (χ1v) is 13.4. The summed E-state index contributed by atoms with van der Waals surface area (Å²) in [4.78, 5) is 35.8. The van der Waals surface area contributed by atoms with Gasteiger partial charge >= 0.3 is 12.3 Å². The van der Waals surface area contributed by atoms with Crippen LogP contribution in [0.4, 0.5) is 29.6 Å². The van der Waals surface area contributed by atoms with E-state index in [0.29, 0.717) is 34.5 Å². The lowest BCUT2D eigenvalue weighted by molar-refractivity contribution is -0.138. The third-order valence-electron chi connectivity index (χ3n) is 6.53. The average molecular weight is 587 g/mol. The van der Waals surface area contributed by atoms with Crippen molar-refractivity contribution < 1.29 is 32.6 Å². The summed E-state index contributed by atoms with van der Waals surface area (Å²) in [5.41, 5.74) is -0.236. The number of aromatic nitrogens is 2. The van der Waals surface area contributed by atoms with Crippen LogP contribution in [0.25, 0.3) is 10.1 Å². The number of nitrogens with zero attached hydrogens (tertiary/aromatic N) is 4. The fourth-order valence-electron chi connectivity index (χ4n) is 4.42. The second kappa shape index (κ2) is 11.7. The van der Waals surface area contributed by atoms with E-state index in [9.17, 15) is 22.8 Å². The van der Waals surface area contributed by atoms with Gasteiger partial charge in [-0.3, -0.25) is 15.0 Å². The van der Waals surface area contributed by atoms with Crippen molar-refractivity contribution in [1.29, 1.82) is 0 Å². The number of benzene rings is 2. The molecule has 0 spiro atoms. The van der Waals surface area contributed by atoms with E-state index >= 15 is 0 Å². The summed E-state index contributed by atoms with van der Waals surface area (Å²) in [6, 6.07) is 10.3. The fourth-order valence-corrected chi connectivity index (χ4v) is 5.39. The lowest BCUT2D eigenvalue weighted by atomic mass is 10.0. The molecule has 3 N–H and O–H groups in total. The smallest absolute Gasteiger partial charge is 0.416 e. The molecule has 1 aliphatic heterocycles. The lowest BCUT2D eigenvalue weighted by Gasteiger charge is -2.33. The fraction of sp³-hybridized carbons (Fsp3) is 0.259. The van der Waals surface area contributed by atoms with E-state index in [1.165, 1.54) is 35.7 Å². The largest absolute Gasteiger partial charge is 0.465 e. The number of nitrogens with one attached hydrogen (secondary N) is 2. The highest BCUT2D eigenvalue weighted by Crippen LogP contribution is 2.36. The van der Waals surface area contributed by atoms with Crippen molar-refractivity contribution in [2.45, 2.75) is 12.7 Å². The van der Waals surface area contributed by atoms with Gasteiger partial charge in [0, 0.05) is 66.1 Å². The van der Waals surface area contributed by atoms with E-state index in [-0.39, 0.29) is 29.6 Å². The summed E-state index contributed by atoms with van der Waals surface area (Å²) < 4.78 is 48.2. The number of amides is 2. The zero-order valence-electron chi connectivity index (χ0n) is 21.7. The predicted molar refractivity (Wildman–Crippen MR) is 148 cm³/mol. The Kier molecular flexibility index (Phi) is 8.06. The number of anilines is 2. The molecule has 4 aromatic rings. The molecular weight excluding hydrogens is 561 g/mol. The Bertz CT molecular complexity index is 1590. The van der Waals surface area contributed by atoms with Crippen molar-refractivity contribution in [3.05, 3.63) is 70.7 Å². The Labute approximate surface area is 236 Å². The molecule has 2 amide bonds. The Balaban J connectivity index is 1.31. The zero-order valence-corrected chi connectivity index (χ0v) is 22.6. The van der Waals surface area contributed by atoms with Crippen LogP contribution in [0.1, 0.15) is 21.5 Å². The second-order valence-electron chi connectivity index (χ2n) is 9.46. The first-order chi connectivity index (χ1) is 19.5. The van der Waals surface area contributed by atoms with Gasteiger partial charge in [-0.25, -0.2) is 9.78 Å². The number of hydrogen-bond donors (Lipinski definition) is 3. The highest BCUT2D eigenvalue weighted by atomic mass is 32.1. The van der Waals surface area contributed by atoms with E-state index < -0.39 is 23.7 Å². The van der Waals surface area contributed by atoms with Gasteiger partial charge in [-0.15, -0.1) is 11.3 Å². The Morgan fingerprint density at radius 1 is 1.07 bits per heavy atom. The molecule has 2 aromatic heterocycles. The summed E-state index contributed by atoms with van der Waals surface area (Å²) in [5, 5.41) is 15.7. The Hall–Kier alpha value is -4.27. The number of piperazine rings is 1.